The summed E-state index contributed by atoms with van der Waals surface area (Å²) in [6.45, 7) is 5.74. The van der Waals surface area contributed by atoms with Crippen molar-refractivity contribution in [1.29, 1.82) is 0 Å². The minimum Gasteiger partial charge on any atom is -0.383 e. The zero-order valence-corrected chi connectivity index (χ0v) is 14.1. The van der Waals surface area contributed by atoms with E-state index in [2.05, 4.69) is 4.98 Å². The maximum atomic E-state index is 12.8. The van der Waals surface area contributed by atoms with Crippen LogP contribution in [0.5, 0.6) is 0 Å². The first kappa shape index (κ1) is 17.0. The van der Waals surface area contributed by atoms with Crippen LogP contribution in [0.3, 0.4) is 0 Å². The van der Waals surface area contributed by atoms with E-state index in [-0.39, 0.29) is 11.6 Å². The Balaban J connectivity index is 2.41. The smallest absolute Gasteiger partial charge is 0.262 e. The molecule has 1 aromatic carbocycles. The molecule has 1 heterocycles. The highest BCUT2D eigenvalue weighted by Gasteiger charge is 2.16. The van der Waals surface area contributed by atoms with Crippen LogP contribution in [0, 0.1) is 0 Å². The fourth-order valence-corrected chi connectivity index (χ4v) is 3.22. The molecule has 0 aliphatic carbocycles. The van der Waals surface area contributed by atoms with Gasteiger partial charge < -0.3 is 9.47 Å². The molecule has 0 amide bonds. The van der Waals surface area contributed by atoms with Gasteiger partial charge in [-0.15, -0.1) is 0 Å². The van der Waals surface area contributed by atoms with Crippen molar-refractivity contribution < 1.29 is 9.47 Å². The molecule has 120 valence electrons. The zero-order chi connectivity index (χ0) is 15.9. The summed E-state index contributed by atoms with van der Waals surface area (Å²) in [6.07, 6.45) is 0. The highest BCUT2D eigenvalue weighted by Crippen LogP contribution is 2.21. The fraction of sp³-hybridized carbons (Fsp3) is 0.500. The predicted molar refractivity (Wildman–Crippen MR) is 89.8 cm³/mol. The molecule has 0 aliphatic heterocycles. The summed E-state index contributed by atoms with van der Waals surface area (Å²) in [5.41, 5.74) is 0.710. The standard InChI is InChI=1S/C16H22N2O3S/c1-4-21-9-10-22-16-17-14-8-6-5-7-13(14)15(19)18(16)12(2)11-20-3/h5-8,12H,4,9-11H2,1-3H3. The molecule has 0 bridgehead atoms. The van der Waals surface area contributed by atoms with Gasteiger partial charge in [0.15, 0.2) is 5.16 Å². The van der Waals surface area contributed by atoms with Crippen molar-refractivity contribution in [2.24, 2.45) is 0 Å². The molecule has 0 radical (unpaired) electrons. The molecule has 1 aromatic heterocycles. The summed E-state index contributed by atoms with van der Waals surface area (Å²) >= 11 is 1.54. The number of hydrogen-bond donors (Lipinski definition) is 0. The Morgan fingerprint density at radius 3 is 2.86 bits per heavy atom. The molecule has 1 atom stereocenters. The van der Waals surface area contributed by atoms with E-state index < -0.39 is 0 Å². The summed E-state index contributed by atoms with van der Waals surface area (Å²) in [5, 5.41) is 1.35. The minimum absolute atomic E-state index is 0.0194. The van der Waals surface area contributed by atoms with Gasteiger partial charge in [-0.2, -0.15) is 0 Å². The molecule has 2 aromatic rings. The van der Waals surface area contributed by atoms with Gasteiger partial charge in [0.2, 0.25) is 0 Å². The summed E-state index contributed by atoms with van der Waals surface area (Å²) in [5.74, 6) is 0.762. The Hall–Kier alpha value is -1.37. The van der Waals surface area contributed by atoms with E-state index in [1.165, 1.54) is 0 Å². The maximum Gasteiger partial charge on any atom is 0.262 e. The van der Waals surface area contributed by atoms with E-state index >= 15 is 0 Å². The molecule has 0 aliphatic rings. The monoisotopic (exact) mass is 322 g/mol. The van der Waals surface area contributed by atoms with Crippen molar-refractivity contribution in [2.75, 3.05) is 32.7 Å². The van der Waals surface area contributed by atoms with Crippen LogP contribution < -0.4 is 5.56 Å². The number of nitrogens with zero attached hydrogens (tertiary/aromatic N) is 2. The van der Waals surface area contributed by atoms with Crippen molar-refractivity contribution in [3.63, 3.8) is 0 Å². The quantitative estimate of drug-likeness (QED) is 0.425. The van der Waals surface area contributed by atoms with Crippen LogP contribution in [0.2, 0.25) is 0 Å². The second-order valence-corrected chi connectivity index (χ2v) is 6.00. The topological polar surface area (TPSA) is 53.3 Å². The fourth-order valence-electron chi connectivity index (χ4n) is 2.27. The third-order valence-electron chi connectivity index (χ3n) is 3.29. The number of rotatable bonds is 8. The van der Waals surface area contributed by atoms with Gasteiger partial charge in [-0.3, -0.25) is 9.36 Å². The molecule has 6 heteroatoms. The van der Waals surface area contributed by atoms with Crippen molar-refractivity contribution >= 4 is 22.7 Å². The van der Waals surface area contributed by atoms with Crippen LogP contribution in [-0.2, 0) is 9.47 Å². The molecule has 22 heavy (non-hydrogen) atoms. The Labute approximate surface area is 134 Å². The third kappa shape index (κ3) is 3.88. The summed E-state index contributed by atoms with van der Waals surface area (Å²) in [6, 6.07) is 7.37. The van der Waals surface area contributed by atoms with Crippen molar-refractivity contribution in [3.8, 4) is 0 Å². The molecule has 1 unspecified atom stereocenters. The van der Waals surface area contributed by atoms with Crippen molar-refractivity contribution in [1.82, 2.24) is 9.55 Å². The van der Waals surface area contributed by atoms with E-state index in [0.717, 1.165) is 11.3 Å². The van der Waals surface area contributed by atoms with Gasteiger partial charge >= 0.3 is 0 Å². The molecule has 0 saturated heterocycles. The second kappa shape index (κ2) is 8.31. The highest BCUT2D eigenvalue weighted by molar-refractivity contribution is 7.99. The zero-order valence-electron chi connectivity index (χ0n) is 13.2. The predicted octanol–water partition coefficient (Wildman–Crippen LogP) is 2.73. The van der Waals surface area contributed by atoms with Crippen LogP contribution in [0.4, 0.5) is 0 Å². The Kier molecular flexibility index (Phi) is 6.42. The van der Waals surface area contributed by atoms with Crippen LogP contribution in [0.25, 0.3) is 10.9 Å². The largest absolute Gasteiger partial charge is 0.383 e. The Morgan fingerprint density at radius 1 is 1.36 bits per heavy atom. The highest BCUT2D eigenvalue weighted by atomic mass is 32.2. The van der Waals surface area contributed by atoms with Gasteiger partial charge in [-0.25, -0.2) is 4.98 Å². The van der Waals surface area contributed by atoms with Gasteiger partial charge in [0, 0.05) is 19.5 Å². The molecule has 0 fully saturated rings. The SMILES string of the molecule is CCOCCSc1nc2ccccc2c(=O)n1C(C)COC. The lowest BCUT2D eigenvalue weighted by atomic mass is 10.2. The molecule has 0 spiro atoms. The van der Waals surface area contributed by atoms with E-state index in [1.54, 1.807) is 23.4 Å². The maximum absolute atomic E-state index is 12.8. The number of aromatic nitrogens is 2. The second-order valence-electron chi connectivity index (χ2n) is 4.94. The summed E-state index contributed by atoms with van der Waals surface area (Å²) in [7, 11) is 1.64. The first-order chi connectivity index (χ1) is 10.7. The number of ether oxygens (including phenoxy) is 2. The van der Waals surface area contributed by atoms with Crippen LogP contribution >= 0.6 is 11.8 Å². The van der Waals surface area contributed by atoms with Crippen molar-refractivity contribution in [3.05, 3.63) is 34.6 Å². The minimum atomic E-state index is -0.0656. The molecule has 2 rings (SSSR count). The van der Waals surface area contributed by atoms with Crippen LogP contribution in [0.1, 0.15) is 19.9 Å². The van der Waals surface area contributed by atoms with Gasteiger partial charge in [0.05, 0.1) is 30.2 Å². The van der Waals surface area contributed by atoms with Gasteiger partial charge in [-0.1, -0.05) is 23.9 Å². The van der Waals surface area contributed by atoms with E-state index in [9.17, 15) is 4.79 Å². The number of thioether (sulfide) groups is 1. The molecular weight excluding hydrogens is 300 g/mol. The molecule has 5 nitrogen and oxygen atoms in total. The van der Waals surface area contributed by atoms with Crippen LogP contribution in [-0.4, -0.2) is 42.2 Å². The number of hydrogen-bond acceptors (Lipinski definition) is 5. The lowest BCUT2D eigenvalue weighted by Gasteiger charge is -2.18. The normalized spacial score (nSPS) is 12.7. The van der Waals surface area contributed by atoms with Crippen molar-refractivity contribution in [2.45, 2.75) is 25.0 Å². The average molecular weight is 322 g/mol. The summed E-state index contributed by atoms with van der Waals surface area (Å²) in [4.78, 5) is 17.4. The molecular formula is C16H22N2O3S. The van der Waals surface area contributed by atoms with Gasteiger partial charge in [0.1, 0.15) is 0 Å². The average Bonchev–Trinajstić information content (AvgIpc) is 2.52. The van der Waals surface area contributed by atoms with E-state index in [1.807, 2.05) is 38.1 Å². The van der Waals surface area contributed by atoms with Gasteiger partial charge in [-0.05, 0) is 26.0 Å². The Bertz CT molecular complexity index is 672. The molecule has 0 N–H and O–H groups in total. The first-order valence-corrected chi connectivity index (χ1v) is 8.38. The number of methoxy groups -OCH3 is 1. The lowest BCUT2D eigenvalue weighted by Crippen LogP contribution is -2.28. The van der Waals surface area contributed by atoms with Gasteiger partial charge in [0.25, 0.3) is 5.56 Å². The molecule has 0 saturated carbocycles. The van der Waals surface area contributed by atoms with E-state index in [4.69, 9.17) is 9.47 Å². The van der Waals surface area contributed by atoms with Crippen LogP contribution in [0.15, 0.2) is 34.2 Å². The lowest BCUT2D eigenvalue weighted by molar-refractivity contribution is 0.156. The third-order valence-corrected chi connectivity index (χ3v) is 4.20. The summed E-state index contributed by atoms with van der Waals surface area (Å²) < 4.78 is 12.3. The van der Waals surface area contributed by atoms with E-state index in [0.29, 0.717) is 30.4 Å². The number of benzene rings is 1. The first-order valence-electron chi connectivity index (χ1n) is 7.39. The number of fused-ring (bicyclic) bond motifs is 1. The Morgan fingerprint density at radius 2 is 2.14 bits per heavy atom. The number of para-hydroxylation sites is 1.